The molecule has 40 heavy (non-hydrogen) atoms. The van der Waals surface area contributed by atoms with Crippen molar-refractivity contribution < 1.29 is 4.98 Å². The van der Waals surface area contributed by atoms with Gasteiger partial charge >= 0.3 is 0 Å². The molecule has 0 amide bonds. The van der Waals surface area contributed by atoms with Gasteiger partial charge in [-0.05, 0) is 58.7 Å². The average Bonchev–Trinajstić information content (AvgIpc) is 3.01. The van der Waals surface area contributed by atoms with Gasteiger partial charge in [0.2, 0.25) is 5.69 Å². The van der Waals surface area contributed by atoms with Crippen molar-refractivity contribution in [3.63, 3.8) is 0 Å². The number of aromatic nitrogens is 2. The van der Waals surface area contributed by atoms with E-state index in [0.29, 0.717) is 12.8 Å². The maximum absolute atomic E-state index is 8.79. The molecule has 0 atom stereocenters. The van der Waals surface area contributed by atoms with Crippen molar-refractivity contribution in [1.82, 2.24) is 4.98 Å². The highest BCUT2D eigenvalue weighted by atomic mass is 15.1. The summed E-state index contributed by atoms with van der Waals surface area (Å²) >= 11 is 0. The lowest BCUT2D eigenvalue weighted by atomic mass is 10.1. The van der Waals surface area contributed by atoms with Crippen molar-refractivity contribution in [2.75, 3.05) is 37.0 Å². The monoisotopic (exact) mass is 525 g/mol. The lowest BCUT2D eigenvalue weighted by Gasteiger charge is -2.17. The van der Waals surface area contributed by atoms with Gasteiger partial charge in [0.25, 0.3) is 0 Å². The summed E-state index contributed by atoms with van der Waals surface area (Å²) in [5.41, 5.74) is 8.37. The second-order valence-electron chi connectivity index (χ2n) is 9.52. The summed E-state index contributed by atoms with van der Waals surface area (Å²) < 4.78 is 0. The SMILES string of the molecule is CN(CCC#N)c1ccc(/C=C/c2ccnc(-c3cc(/C=C/c4ccc(N(C)CCC#N)cc4)cc[nH+]3)c2)cc1. The predicted octanol–water partition coefficient (Wildman–Crippen LogP) is 6.60. The second kappa shape index (κ2) is 14.1. The largest absolute Gasteiger partial charge is 0.374 e. The van der Waals surface area contributed by atoms with Crippen molar-refractivity contribution >= 4 is 35.7 Å². The Balaban J connectivity index is 1.42. The van der Waals surface area contributed by atoms with Crippen LogP contribution in [0.1, 0.15) is 35.1 Å². The Morgan fingerprint density at radius 1 is 0.675 bits per heavy atom. The first kappa shape index (κ1) is 27.8. The molecular formula is C34H33N6+. The Morgan fingerprint density at radius 2 is 1.18 bits per heavy atom. The molecule has 0 saturated heterocycles. The molecule has 0 spiro atoms. The standard InChI is InChI=1S/C34H32N6/c1-39(23-3-19-35)31-13-9-27(10-14-31)5-7-29-17-21-37-33(25-29)34-26-30(18-22-38-34)8-6-28-11-15-32(16-12-28)40(2)24-4-20-36/h5-18,21-22,25-26H,3-4,23-24H2,1-2H3/p+1/b7-5+,8-6+. The fourth-order valence-electron chi connectivity index (χ4n) is 4.19. The second-order valence-corrected chi connectivity index (χ2v) is 9.52. The molecule has 198 valence electrons. The van der Waals surface area contributed by atoms with Crippen LogP contribution in [0.25, 0.3) is 35.7 Å². The zero-order valence-electron chi connectivity index (χ0n) is 23.0. The number of anilines is 2. The third kappa shape index (κ3) is 7.90. The molecule has 0 bridgehead atoms. The van der Waals surface area contributed by atoms with Gasteiger partial charge in [0, 0.05) is 56.9 Å². The summed E-state index contributed by atoms with van der Waals surface area (Å²) in [6.45, 7) is 1.44. The van der Waals surface area contributed by atoms with Crippen LogP contribution < -0.4 is 14.8 Å². The minimum atomic E-state index is 0.511. The number of pyridine rings is 2. The van der Waals surface area contributed by atoms with E-state index >= 15 is 0 Å². The van der Waals surface area contributed by atoms with E-state index in [9.17, 15) is 0 Å². The van der Waals surface area contributed by atoms with E-state index in [1.807, 2.05) is 38.6 Å². The van der Waals surface area contributed by atoms with Crippen LogP contribution in [-0.4, -0.2) is 32.2 Å². The molecule has 0 saturated carbocycles. The Morgan fingerprint density at radius 3 is 1.70 bits per heavy atom. The number of benzene rings is 2. The average molecular weight is 526 g/mol. The van der Waals surface area contributed by atoms with E-state index in [1.54, 1.807) is 0 Å². The van der Waals surface area contributed by atoms with Gasteiger partial charge in [0.05, 0.1) is 25.0 Å². The molecule has 0 unspecified atom stereocenters. The summed E-state index contributed by atoms with van der Waals surface area (Å²) in [5.74, 6) is 0. The third-order valence-corrected chi connectivity index (χ3v) is 6.61. The molecule has 4 aromatic rings. The van der Waals surface area contributed by atoms with Crippen LogP contribution in [0, 0.1) is 22.7 Å². The minimum Gasteiger partial charge on any atom is -0.374 e. The van der Waals surface area contributed by atoms with E-state index in [0.717, 1.165) is 58.1 Å². The molecule has 6 nitrogen and oxygen atoms in total. The lowest BCUT2D eigenvalue weighted by Crippen LogP contribution is -2.17. The van der Waals surface area contributed by atoms with E-state index in [4.69, 9.17) is 10.5 Å². The van der Waals surface area contributed by atoms with Gasteiger partial charge in [-0.2, -0.15) is 10.5 Å². The van der Waals surface area contributed by atoms with E-state index < -0.39 is 0 Å². The fourth-order valence-corrected chi connectivity index (χ4v) is 4.19. The maximum Gasteiger partial charge on any atom is 0.230 e. The number of H-pyrrole nitrogens is 1. The molecule has 0 radical (unpaired) electrons. The predicted molar refractivity (Wildman–Crippen MR) is 164 cm³/mol. The van der Waals surface area contributed by atoms with Gasteiger partial charge in [-0.1, -0.05) is 48.6 Å². The van der Waals surface area contributed by atoms with Crippen LogP contribution in [0.5, 0.6) is 0 Å². The minimum absolute atomic E-state index is 0.511. The van der Waals surface area contributed by atoms with E-state index in [2.05, 4.69) is 117 Å². The Bertz CT molecular complexity index is 1420. The van der Waals surface area contributed by atoms with Gasteiger partial charge in [-0.25, -0.2) is 9.97 Å². The van der Waals surface area contributed by atoms with Crippen LogP contribution in [0.3, 0.4) is 0 Å². The molecular weight excluding hydrogens is 492 g/mol. The van der Waals surface area contributed by atoms with Crippen LogP contribution in [0.4, 0.5) is 11.4 Å². The molecule has 0 aliphatic carbocycles. The lowest BCUT2D eigenvalue weighted by molar-refractivity contribution is -0.364. The van der Waals surface area contributed by atoms with E-state index in [-0.39, 0.29) is 0 Å². The van der Waals surface area contributed by atoms with Crippen molar-refractivity contribution in [2.45, 2.75) is 12.8 Å². The molecule has 0 fully saturated rings. The van der Waals surface area contributed by atoms with Crippen molar-refractivity contribution in [2.24, 2.45) is 0 Å². The summed E-state index contributed by atoms with van der Waals surface area (Å²) in [6.07, 6.45) is 13.1. The topological polar surface area (TPSA) is 81.1 Å². The normalized spacial score (nSPS) is 10.9. The first-order valence-corrected chi connectivity index (χ1v) is 13.3. The van der Waals surface area contributed by atoms with Gasteiger partial charge in [0.15, 0.2) is 6.20 Å². The molecule has 1 N–H and O–H groups in total. The van der Waals surface area contributed by atoms with Gasteiger partial charge < -0.3 is 9.80 Å². The van der Waals surface area contributed by atoms with Crippen LogP contribution in [-0.2, 0) is 0 Å². The van der Waals surface area contributed by atoms with Crippen LogP contribution in [0.15, 0.2) is 85.2 Å². The Hall–Kier alpha value is -5.20. The van der Waals surface area contributed by atoms with Crippen molar-refractivity contribution in [3.8, 4) is 23.5 Å². The highest BCUT2D eigenvalue weighted by Gasteiger charge is 2.08. The summed E-state index contributed by atoms with van der Waals surface area (Å²) in [5, 5.41) is 17.6. The summed E-state index contributed by atoms with van der Waals surface area (Å²) in [4.78, 5) is 12.1. The van der Waals surface area contributed by atoms with Gasteiger partial charge in [-0.15, -0.1) is 0 Å². The quantitative estimate of drug-likeness (QED) is 0.220. The molecule has 0 aliphatic rings. The number of nitrogens with zero attached hydrogens (tertiary/aromatic N) is 5. The highest BCUT2D eigenvalue weighted by Crippen LogP contribution is 2.20. The first-order valence-electron chi connectivity index (χ1n) is 13.3. The zero-order valence-corrected chi connectivity index (χ0v) is 23.0. The Kier molecular flexibility index (Phi) is 9.80. The van der Waals surface area contributed by atoms with Crippen LogP contribution in [0.2, 0.25) is 0 Å². The molecule has 0 aliphatic heterocycles. The molecule has 2 heterocycles. The Labute approximate surface area is 236 Å². The number of nitrogens with one attached hydrogen (secondary N) is 1. The number of hydrogen-bond acceptors (Lipinski definition) is 5. The van der Waals surface area contributed by atoms with Crippen LogP contribution >= 0.6 is 0 Å². The van der Waals surface area contributed by atoms with Crippen molar-refractivity contribution in [1.29, 1.82) is 10.5 Å². The first-order chi connectivity index (χ1) is 19.6. The number of aromatic amines is 1. The van der Waals surface area contributed by atoms with E-state index in [1.165, 1.54) is 0 Å². The third-order valence-electron chi connectivity index (χ3n) is 6.61. The molecule has 6 heteroatoms. The smallest absolute Gasteiger partial charge is 0.230 e. The molecule has 4 rings (SSSR count). The van der Waals surface area contributed by atoms with Gasteiger partial charge in [0.1, 0.15) is 5.69 Å². The molecule has 2 aromatic heterocycles. The number of nitriles is 2. The van der Waals surface area contributed by atoms with Gasteiger partial charge in [-0.3, -0.25) is 0 Å². The van der Waals surface area contributed by atoms with Crippen molar-refractivity contribution in [3.05, 3.63) is 107 Å². The highest BCUT2D eigenvalue weighted by molar-refractivity contribution is 5.74. The zero-order chi connectivity index (χ0) is 28.2. The fraction of sp³-hybridized carbons (Fsp3) is 0.176. The molecule has 2 aromatic carbocycles. The maximum atomic E-state index is 8.79. The number of hydrogen-bond donors (Lipinski definition) is 0. The summed E-state index contributed by atoms with van der Waals surface area (Å²) in [7, 11) is 4.00. The summed E-state index contributed by atoms with van der Waals surface area (Å²) in [6, 6.07) is 29.2. The number of rotatable bonds is 11.